The summed E-state index contributed by atoms with van der Waals surface area (Å²) in [6.07, 6.45) is 5.58. The van der Waals surface area contributed by atoms with Gasteiger partial charge >= 0.3 is 0 Å². The van der Waals surface area contributed by atoms with Gasteiger partial charge in [0.1, 0.15) is 11.5 Å². The molecule has 0 unspecified atom stereocenters. The lowest BCUT2D eigenvalue weighted by Crippen LogP contribution is -2.40. The Bertz CT molecular complexity index is 1240. The van der Waals surface area contributed by atoms with Crippen molar-refractivity contribution < 1.29 is 14.3 Å². The van der Waals surface area contributed by atoms with Gasteiger partial charge in [-0.2, -0.15) is 0 Å². The predicted molar refractivity (Wildman–Crippen MR) is 118 cm³/mol. The Labute approximate surface area is 180 Å². The van der Waals surface area contributed by atoms with Crippen LogP contribution in [0.25, 0.3) is 10.8 Å². The highest BCUT2D eigenvalue weighted by atomic mass is 16.5. The summed E-state index contributed by atoms with van der Waals surface area (Å²) in [4.78, 5) is 27.9. The number of hydrogen-bond acceptors (Lipinski definition) is 3. The Morgan fingerprint density at radius 2 is 1.32 bits per heavy atom. The van der Waals surface area contributed by atoms with Crippen molar-refractivity contribution in [3.8, 4) is 11.5 Å². The number of anilines is 1. The van der Waals surface area contributed by atoms with Crippen molar-refractivity contribution in [2.75, 3.05) is 4.90 Å². The second-order valence-corrected chi connectivity index (χ2v) is 9.27. The van der Waals surface area contributed by atoms with E-state index in [0.717, 1.165) is 11.1 Å². The number of nitrogens with zero attached hydrogens (tertiary/aromatic N) is 1. The van der Waals surface area contributed by atoms with Crippen LogP contribution in [0, 0.1) is 35.5 Å². The largest absolute Gasteiger partial charge is 0.457 e. The second kappa shape index (κ2) is 6.07. The van der Waals surface area contributed by atoms with E-state index in [0.29, 0.717) is 23.3 Å². The first-order valence-corrected chi connectivity index (χ1v) is 11.0. The minimum Gasteiger partial charge on any atom is -0.457 e. The van der Waals surface area contributed by atoms with E-state index >= 15 is 0 Å². The van der Waals surface area contributed by atoms with E-state index in [1.165, 1.54) is 16.7 Å². The van der Waals surface area contributed by atoms with Crippen molar-refractivity contribution in [1.29, 1.82) is 0 Å². The first-order valence-electron chi connectivity index (χ1n) is 11.0. The molecule has 5 aliphatic rings. The van der Waals surface area contributed by atoms with E-state index in [9.17, 15) is 9.59 Å². The molecule has 1 aliphatic heterocycles. The van der Waals surface area contributed by atoms with Crippen molar-refractivity contribution in [2.24, 2.45) is 35.5 Å². The van der Waals surface area contributed by atoms with Crippen molar-refractivity contribution in [3.63, 3.8) is 0 Å². The molecule has 1 saturated heterocycles. The molecule has 4 nitrogen and oxygen atoms in total. The summed E-state index contributed by atoms with van der Waals surface area (Å²) in [5, 5.41) is 2.28. The number of ether oxygens (including phenoxy) is 1. The van der Waals surface area contributed by atoms with Gasteiger partial charge in [0.15, 0.2) is 0 Å². The Balaban J connectivity index is 1.15. The van der Waals surface area contributed by atoms with Crippen LogP contribution >= 0.6 is 0 Å². The maximum Gasteiger partial charge on any atom is 0.238 e. The number of hydrogen-bond donors (Lipinski definition) is 0. The third-order valence-corrected chi connectivity index (χ3v) is 7.71. The average Bonchev–Trinajstić information content (AvgIpc) is 3.58. The quantitative estimate of drug-likeness (QED) is 0.443. The highest BCUT2D eigenvalue weighted by Gasteiger charge is 2.67. The van der Waals surface area contributed by atoms with Crippen LogP contribution in [0.3, 0.4) is 0 Å². The molecule has 1 heterocycles. The molecule has 0 N–H and O–H groups in total. The maximum atomic E-state index is 13.2. The average molecular weight is 407 g/mol. The van der Waals surface area contributed by atoms with Gasteiger partial charge in [0.25, 0.3) is 0 Å². The lowest BCUT2D eigenvalue weighted by molar-refractivity contribution is -0.124. The Morgan fingerprint density at radius 3 is 2.00 bits per heavy atom. The molecule has 3 aromatic rings. The zero-order valence-electron chi connectivity index (χ0n) is 16.8. The van der Waals surface area contributed by atoms with E-state index in [4.69, 9.17) is 4.74 Å². The third kappa shape index (κ3) is 2.42. The summed E-state index contributed by atoms with van der Waals surface area (Å²) in [6, 6.07) is 21.4. The number of rotatable bonds is 3. The molecule has 4 heteroatoms. The van der Waals surface area contributed by atoms with Gasteiger partial charge in [-0.25, -0.2) is 0 Å². The summed E-state index contributed by atoms with van der Waals surface area (Å²) in [7, 11) is 0. The minimum absolute atomic E-state index is 0.0251. The van der Waals surface area contributed by atoms with Gasteiger partial charge in [-0.1, -0.05) is 42.5 Å². The van der Waals surface area contributed by atoms with Crippen molar-refractivity contribution in [2.45, 2.75) is 6.42 Å². The van der Waals surface area contributed by atoms with Gasteiger partial charge in [-0.3, -0.25) is 14.5 Å². The van der Waals surface area contributed by atoms with Gasteiger partial charge in [0, 0.05) is 0 Å². The van der Waals surface area contributed by atoms with Gasteiger partial charge in [0.2, 0.25) is 11.8 Å². The monoisotopic (exact) mass is 407 g/mol. The number of carbonyl (C=O) groups excluding carboxylic acids is 2. The molecule has 2 bridgehead atoms. The van der Waals surface area contributed by atoms with Crippen molar-refractivity contribution >= 4 is 28.3 Å². The zero-order valence-corrected chi connectivity index (χ0v) is 16.8. The minimum atomic E-state index is -0.167. The second-order valence-electron chi connectivity index (χ2n) is 9.27. The van der Waals surface area contributed by atoms with Gasteiger partial charge in [-0.05, 0) is 77.3 Å². The fourth-order valence-electron chi connectivity index (χ4n) is 6.24. The normalized spacial score (nSPS) is 32.3. The van der Waals surface area contributed by atoms with E-state index < -0.39 is 0 Å². The molecule has 3 fully saturated rings. The van der Waals surface area contributed by atoms with Crippen LogP contribution in [0.2, 0.25) is 0 Å². The summed E-state index contributed by atoms with van der Waals surface area (Å²) in [5.74, 6) is 2.78. The highest BCUT2D eigenvalue weighted by molar-refractivity contribution is 6.22. The van der Waals surface area contributed by atoms with E-state index in [2.05, 4.69) is 24.3 Å². The molecular formula is C27H21NO3. The first kappa shape index (κ1) is 17.3. The smallest absolute Gasteiger partial charge is 0.238 e. The summed E-state index contributed by atoms with van der Waals surface area (Å²) in [6.45, 7) is 0. The SMILES string of the molecule is O=C1[C@@H]2[C@@H]3C=C[C@H]([C@H]4C[C@H]34)[C@H]2C(=O)N1c1ccc(Oc2ccc3ccccc3c2)cc1. The van der Waals surface area contributed by atoms with Crippen LogP contribution in [0.4, 0.5) is 5.69 Å². The van der Waals surface area contributed by atoms with E-state index in [1.807, 2.05) is 54.6 Å². The standard InChI is InChI=1S/C27H21NO3/c29-26-24-20-11-12-21(23-14-22(20)23)25(24)27(30)28(26)17-6-9-18(10-7-17)31-19-8-5-15-3-1-2-4-16(15)13-19/h1-13,20-25H,14H2/t20-,21-,22-,23-,24-,25-/m1/s1. The molecule has 152 valence electrons. The molecule has 0 radical (unpaired) electrons. The molecule has 6 atom stereocenters. The number of fused-ring (bicyclic) bond motifs is 1. The molecule has 2 amide bonds. The molecule has 0 spiro atoms. The lowest BCUT2D eigenvalue weighted by Gasteiger charge is -2.37. The first-order chi connectivity index (χ1) is 15.2. The molecule has 8 rings (SSSR count). The molecule has 3 aromatic carbocycles. The summed E-state index contributed by atoms with van der Waals surface area (Å²) >= 11 is 0. The summed E-state index contributed by atoms with van der Waals surface area (Å²) in [5.41, 5.74) is 0.642. The summed E-state index contributed by atoms with van der Waals surface area (Å²) < 4.78 is 6.02. The molecule has 31 heavy (non-hydrogen) atoms. The Kier molecular flexibility index (Phi) is 3.39. The highest BCUT2D eigenvalue weighted by Crippen LogP contribution is 2.65. The number of imide groups is 1. The third-order valence-electron chi connectivity index (χ3n) is 7.71. The van der Waals surface area contributed by atoms with Crippen LogP contribution < -0.4 is 9.64 Å². The van der Waals surface area contributed by atoms with Crippen LogP contribution in [0.15, 0.2) is 78.9 Å². The van der Waals surface area contributed by atoms with Crippen LogP contribution in [0.1, 0.15) is 6.42 Å². The number of amides is 2. The van der Waals surface area contributed by atoms with Gasteiger partial charge in [-0.15, -0.1) is 0 Å². The maximum absolute atomic E-state index is 13.2. The topological polar surface area (TPSA) is 46.6 Å². The molecule has 0 aromatic heterocycles. The van der Waals surface area contributed by atoms with Crippen molar-refractivity contribution in [1.82, 2.24) is 0 Å². The fraction of sp³-hybridized carbons (Fsp3) is 0.259. The Morgan fingerprint density at radius 1 is 0.710 bits per heavy atom. The predicted octanol–water partition coefficient (Wildman–Crippen LogP) is 5.19. The van der Waals surface area contributed by atoms with E-state index in [1.54, 1.807) is 0 Å². The van der Waals surface area contributed by atoms with Crippen molar-refractivity contribution in [3.05, 3.63) is 78.9 Å². The number of allylic oxidation sites excluding steroid dienone is 2. The Hall–Kier alpha value is -3.40. The van der Waals surface area contributed by atoms with Crippen LogP contribution in [-0.2, 0) is 9.59 Å². The lowest BCUT2D eigenvalue weighted by atomic mass is 9.63. The van der Waals surface area contributed by atoms with Crippen LogP contribution in [0.5, 0.6) is 11.5 Å². The van der Waals surface area contributed by atoms with Crippen LogP contribution in [-0.4, -0.2) is 11.8 Å². The number of benzene rings is 3. The van der Waals surface area contributed by atoms with E-state index in [-0.39, 0.29) is 35.5 Å². The van der Waals surface area contributed by atoms with Gasteiger partial charge < -0.3 is 4.74 Å². The molecular weight excluding hydrogens is 386 g/mol. The fourth-order valence-corrected chi connectivity index (χ4v) is 6.24. The molecule has 4 aliphatic carbocycles. The molecule has 2 saturated carbocycles. The zero-order chi connectivity index (χ0) is 20.7. The number of carbonyl (C=O) groups is 2. The van der Waals surface area contributed by atoms with Gasteiger partial charge in [0.05, 0.1) is 17.5 Å².